The number of sulfonamides is 1. The predicted molar refractivity (Wildman–Crippen MR) is 83.0 cm³/mol. The number of nitrogens with zero attached hydrogens (tertiary/aromatic N) is 2. The van der Waals surface area contributed by atoms with E-state index in [1.165, 1.54) is 7.05 Å². The standard InChI is InChI=1S/C13H21N5O4S/c1-15-13(20)17-23(21,22)10-4-2-9(3-5-10)8-18-7-6-11(16-18)12(14)19/h6-7,9-10H,2-5,8H2,1H3,(H2,14,19)(H2,15,17,20). The molecule has 0 aromatic carbocycles. The molecule has 1 aliphatic carbocycles. The van der Waals surface area contributed by atoms with Gasteiger partial charge in [-0.1, -0.05) is 0 Å². The molecule has 23 heavy (non-hydrogen) atoms. The first kappa shape index (κ1) is 17.3. The van der Waals surface area contributed by atoms with Crippen molar-refractivity contribution in [3.8, 4) is 0 Å². The Labute approximate surface area is 134 Å². The quantitative estimate of drug-likeness (QED) is 0.680. The maximum Gasteiger partial charge on any atom is 0.328 e. The van der Waals surface area contributed by atoms with Crippen LogP contribution in [0.1, 0.15) is 36.2 Å². The third-order valence-electron chi connectivity index (χ3n) is 4.03. The van der Waals surface area contributed by atoms with Crippen molar-refractivity contribution in [3.05, 3.63) is 18.0 Å². The molecule has 4 N–H and O–H groups in total. The summed E-state index contributed by atoms with van der Waals surface area (Å²) < 4.78 is 27.8. The number of carbonyl (C=O) groups excluding carboxylic acids is 2. The maximum absolute atomic E-state index is 12.1. The number of carbonyl (C=O) groups is 2. The fraction of sp³-hybridized carbons (Fsp3) is 0.615. The van der Waals surface area contributed by atoms with Crippen LogP contribution < -0.4 is 15.8 Å². The van der Waals surface area contributed by atoms with Crippen molar-refractivity contribution < 1.29 is 18.0 Å². The molecule has 1 aliphatic rings. The number of rotatable bonds is 5. The molecule has 1 aromatic rings. The summed E-state index contributed by atoms with van der Waals surface area (Å²) in [6.07, 6.45) is 4.09. The molecule has 0 atom stereocenters. The Balaban J connectivity index is 1.88. The molecule has 0 aliphatic heterocycles. The maximum atomic E-state index is 12.1. The van der Waals surface area contributed by atoms with E-state index in [-0.39, 0.29) is 11.6 Å². The Hall–Kier alpha value is -2.10. The van der Waals surface area contributed by atoms with E-state index in [1.807, 2.05) is 4.72 Å². The van der Waals surface area contributed by atoms with Gasteiger partial charge in [-0.15, -0.1) is 0 Å². The minimum absolute atomic E-state index is 0.219. The van der Waals surface area contributed by atoms with Crippen molar-refractivity contribution in [2.45, 2.75) is 37.5 Å². The van der Waals surface area contributed by atoms with Gasteiger partial charge in [0.2, 0.25) is 10.0 Å². The van der Waals surface area contributed by atoms with Crippen LogP contribution in [0, 0.1) is 5.92 Å². The molecule has 9 nitrogen and oxygen atoms in total. The summed E-state index contributed by atoms with van der Waals surface area (Å²) in [5.41, 5.74) is 5.37. The lowest BCUT2D eigenvalue weighted by Gasteiger charge is -2.28. The van der Waals surface area contributed by atoms with Crippen LogP contribution in [-0.2, 0) is 16.6 Å². The van der Waals surface area contributed by atoms with Gasteiger partial charge in [-0.05, 0) is 37.7 Å². The first-order valence-corrected chi connectivity index (χ1v) is 8.93. The highest BCUT2D eigenvalue weighted by atomic mass is 32.2. The zero-order valence-corrected chi connectivity index (χ0v) is 13.7. The summed E-state index contributed by atoms with van der Waals surface area (Å²) in [6.45, 7) is 0.614. The topological polar surface area (TPSA) is 136 Å². The highest BCUT2D eigenvalue weighted by molar-refractivity contribution is 7.90. The molecule has 0 radical (unpaired) electrons. The molecular formula is C13H21N5O4S. The van der Waals surface area contributed by atoms with Crippen LogP contribution in [0.5, 0.6) is 0 Å². The number of aromatic nitrogens is 2. The molecule has 10 heteroatoms. The number of hydrogen-bond donors (Lipinski definition) is 3. The van der Waals surface area contributed by atoms with E-state index in [0.717, 1.165) is 0 Å². The van der Waals surface area contributed by atoms with E-state index in [0.29, 0.717) is 32.2 Å². The van der Waals surface area contributed by atoms with Crippen LogP contribution >= 0.6 is 0 Å². The highest BCUT2D eigenvalue weighted by Gasteiger charge is 2.32. The van der Waals surface area contributed by atoms with Gasteiger partial charge in [0.15, 0.2) is 0 Å². The molecule has 0 spiro atoms. The molecule has 3 amide bonds. The normalized spacial score (nSPS) is 21.6. The largest absolute Gasteiger partial charge is 0.364 e. The van der Waals surface area contributed by atoms with E-state index < -0.39 is 27.2 Å². The summed E-state index contributed by atoms with van der Waals surface area (Å²) >= 11 is 0. The van der Waals surface area contributed by atoms with Crippen molar-refractivity contribution in [1.29, 1.82) is 0 Å². The van der Waals surface area contributed by atoms with E-state index in [2.05, 4.69) is 10.4 Å². The molecule has 0 bridgehead atoms. The monoisotopic (exact) mass is 343 g/mol. The molecule has 1 aromatic heterocycles. The van der Waals surface area contributed by atoms with E-state index in [1.54, 1.807) is 16.9 Å². The van der Waals surface area contributed by atoms with Crippen molar-refractivity contribution in [2.75, 3.05) is 7.05 Å². The molecule has 1 saturated carbocycles. The van der Waals surface area contributed by atoms with Gasteiger partial charge in [0, 0.05) is 19.8 Å². The van der Waals surface area contributed by atoms with Gasteiger partial charge < -0.3 is 11.1 Å². The minimum atomic E-state index is -3.64. The molecule has 1 heterocycles. The third-order valence-corrected chi connectivity index (χ3v) is 5.85. The summed E-state index contributed by atoms with van der Waals surface area (Å²) in [5.74, 6) is -0.291. The number of amides is 3. The van der Waals surface area contributed by atoms with Gasteiger partial charge in [0.25, 0.3) is 5.91 Å². The van der Waals surface area contributed by atoms with Crippen LogP contribution in [-0.4, -0.2) is 42.4 Å². The molecule has 0 saturated heterocycles. The number of hydrogen-bond acceptors (Lipinski definition) is 5. The summed E-state index contributed by atoms with van der Waals surface area (Å²) in [7, 11) is -2.28. The summed E-state index contributed by atoms with van der Waals surface area (Å²) in [4.78, 5) is 22.2. The van der Waals surface area contributed by atoms with Gasteiger partial charge >= 0.3 is 6.03 Å². The van der Waals surface area contributed by atoms with Crippen LogP contribution in [0.3, 0.4) is 0 Å². The van der Waals surface area contributed by atoms with Crippen LogP contribution in [0.2, 0.25) is 0 Å². The van der Waals surface area contributed by atoms with Gasteiger partial charge in [-0.3, -0.25) is 9.48 Å². The van der Waals surface area contributed by atoms with Crippen molar-refractivity contribution in [2.24, 2.45) is 11.7 Å². The smallest absolute Gasteiger partial charge is 0.328 e. The second kappa shape index (κ2) is 6.99. The Kier molecular flexibility index (Phi) is 5.24. The van der Waals surface area contributed by atoms with E-state index in [4.69, 9.17) is 5.73 Å². The summed E-state index contributed by atoms with van der Waals surface area (Å²) in [5, 5.41) is 5.75. The van der Waals surface area contributed by atoms with E-state index in [9.17, 15) is 18.0 Å². The number of urea groups is 1. The predicted octanol–water partition coefficient (Wildman–Crippen LogP) is -0.200. The molecule has 1 fully saturated rings. The Morgan fingerprint density at radius 2 is 2.00 bits per heavy atom. The zero-order valence-electron chi connectivity index (χ0n) is 12.9. The first-order chi connectivity index (χ1) is 10.8. The van der Waals surface area contributed by atoms with Gasteiger partial charge in [-0.25, -0.2) is 17.9 Å². The Morgan fingerprint density at radius 1 is 1.35 bits per heavy atom. The average molecular weight is 343 g/mol. The van der Waals surface area contributed by atoms with Crippen LogP contribution in [0.15, 0.2) is 12.3 Å². The molecular weight excluding hydrogens is 322 g/mol. The first-order valence-electron chi connectivity index (χ1n) is 7.38. The average Bonchev–Trinajstić information content (AvgIpc) is 2.96. The van der Waals surface area contributed by atoms with Crippen molar-refractivity contribution in [1.82, 2.24) is 19.8 Å². The lowest BCUT2D eigenvalue weighted by Crippen LogP contribution is -2.43. The zero-order chi connectivity index (χ0) is 17.0. The molecule has 0 unspecified atom stereocenters. The van der Waals surface area contributed by atoms with Crippen LogP contribution in [0.25, 0.3) is 0 Å². The minimum Gasteiger partial charge on any atom is -0.364 e. The van der Waals surface area contributed by atoms with Crippen molar-refractivity contribution >= 4 is 22.0 Å². The Bertz CT molecular complexity index is 676. The van der Waals surface area contributed by atoms with Crippen molar-refractivity contribution in [3.63, 3.8) is 0 Å². The lowest BCUT2D eigenvalue weighted by atomic mass is 9.89. The number of primary amides is 1. The molecule has 128 valence electrons. The highest BCUT2D eigenvalue weighted by Crippen LogP contribution is 2.29. The SMILES string of the molecule is CNC(=O)NS(=O)(=O)C1CCC(Cn2ccc(C(N)=O)n2)CC1. The van der Waals surface area contributed by atoms with Crippen LogP contribution in [0.4, 0.5) is 4.79 Å². The number of nitrogens with two attached hydrogens (primary N) is 1. The number of nitrogens with one attached hydrogen (secondary N) is 2. The lowest BCUT2D eigenvalue weighted by molar-refractivity contribution is 0.0994. The fourth-order valence-corrected chi connectivity index (χ4v) is 4.17. The molecule has 2 rings (SSSR count). The Morgan fingerprint density at radius 3 is 2.52 bits per heavy atom. The second-order valence-corrected chi connectivity index (χ2v) is 7.62. The van der Waals surface area contributed by atoms with Gasteiger partial charge in [-0.2, -0.15) is 5.10 Å². The second-order valence-electron chi connectivity index (χ2n) is 5.66. The fourth-order valence-electron chi connectivity index (χ4n) is 2.75. The van der Waals surface area contributed by atoms with Gasteiger partial charge in [0.1, 0.15) is 5.69 Å². The van der Waals surface area contributed by atoms with Gasteiger partial charge in [0.05, 0.1) is 5.25 Å². The van der Waals surface area contributed by atoms with E-state index >= 15 is 0 Å². The third kappa shape index (κ3) is 4.44. The summed E-state index contributed by atoms with van der Waals surface area (Å²) in [6, 6.07) is 0.841.